The summed E-state index contributed by atoms with van der Waals surface area (Å²) in [5.41, 5.74) is 3.46. The quantitative estimate of drug-likeness (QED) is 0.582. The van der Waals surface area contributed by atoms with E-state index in [9.17, 15) is 4.79 Å². The van der Waals surface area contributed by atoms with Crippen LogP contribution in [0.5, 0.6) is 0 Å². The fraction of sp³-hybridized carbons (Fsp3) is 0.409. The van der Waals surface area contributed by atoms with Crippen LogP contribution in [0.3, 0.4) is 0 Å². The second-order valence-corrected chi connectivity index (χ2v) is 7.18. The van der Waals surface area contributed by atoms with Crippen molar-refractivity contribution in [2.75, 3.05) is 0 Å². The van der Waals surface area contributed by atoms with E-state index < -0.39 is 0 Å². The van der Waals surface area contributed by atoms with Crippen LogP contribution in [0.1, 0.15) is 61.5 Å². The highest BCUT2D eigenvalue weighted by Gasteiger charge is 2.20. The Morgan fingerprint density at radius 2 is 1.48 bits per heavy atom. The molecular formula is C22H28O. The third-order valence-electron chi connectivity index (χ3n) is 4.36. The Morgan fingerprint density at radius 1 is 0.870 bits per heavy atom. The minimum atomic E-state index is 0.232. The van der Waals surface area contributed by atoms with Gasteiger partial charge < -0.3 is 0 Å². The van der Waals surface area contributed by atoms with Crippen molar-refractivity contribution in [2.45, 2.75) is 46.5 Å². The van der Waals surface area contributed by atoms with Crippen LogP contribution in [0.15, 0.2) is 54.6 Å². The van der Waals surface area contributed by atoms with Crippen molar-refractivity contribution in [2.24, 2.45) is 11.8 Å². The Morgan fingerprint density at radius 3 is 2.00 bits per heavy atom. The summed E-state index contributed by atoms with van der Waals surface area (Å²) in [6.45, 7) is 8.88. The van der Waals surface area contributed by atoms with Crippen LogP contribution >= 0.6 is 0 Å². The van der Waals surface area contributed by atoms with Crippen LogP contribution in [0, 0.1) is 11.8 Å². The Labute approximate surface area is 140 Å². The van der Waals surface area contributed by atoms with E-state index in [1.165, 1.54) is 11.1 Å². The van der Waals surface area contributed by atoms with Crippen molar-refractivity contribution < 1.29 is 4.79 Å². The molecule has 0 bridgehead atoms. The normalized spacial score (nSPS) is 12.6. The van der Waals surface area contributed by atoms with Crippen molar-refractivity contribution in [3.8, 4) is 0 Å². The van der Waals surface area contributed by atoms with Gasteiger partial charge in [0.05, 0.1) is 0 Å². The molecule has 0 N–H and O–H groups in total. The molecule has 0 heterocycles. The molecule has 0 radical (unpaired) electrons. The lowest BCUT2D eigenvalue weighted by Crippen LogP contribution is -2.13. The van der Waals surface area contributed by atoms with Gasteiger partial charge in [-0.1, -0.05) is 82.3 Å². The molecule has 23 heavy (non-hydrogen) atoms. The van der Waals surface area contributed by atoms with Gasteiger partial charge in [0.1, 0.15) is 0 Å². The van der Waals surface area contributed by atoms with Crippen molar-refractivity contribution in [1.82, 2.24) is 0 Å². The van der Waals surface area contributed by atoms with Crippen LogP contribution in [0.25, 0.3) is 0 Å². The molecule has 0 fully saturated rings. The van der Waals surface area contributed by atoms with E-state index in [1.54, 1.807) is 0 Å². The molecule has 0 aliphatic carbocycles. The van der Waals surface area contributed by atoms with E-state index in [0.717, 1.165) is 12.0 Å². The first kappa shape index (κ1) is 17.5. The number of carbonyl (C=O) groups excluding carboxylic acids is 1. The second kappa shape index (κ2) is 8.10. The Hall–Kier alpha value is -1.89. The van der Waals surface area contributed by atoms with Crippen molar-refractivity contribution in [3.05, 3.63) is 71.3 Å². The van der Waals surface area contributed by atoms with E-state index in [1.807, 2.05) is 30.3 Å². The van der Waals surface area contributed by atoms with Gasteiger partial charge in [0, 0.05) is 12.0 Å². The van der Waals surface area contributed by atoms with E-state index in [0.29, 0.717) is 18.3 Å². The summed E-state index contributed by atoms with van der Waals surface area (Å²) < 4.78 is 0. The van der Waals surface area contributed by atoms with Crippen molar-refractivity contribution >= 4 is 5.78 Å². The molecule has 0 amide bonds. The van der Waals surface area contributed by atoms with Gasteiger partial charge in [-0.15, -0.1) is 0 Å². The summed E-state index contributed by atoms with van der Waals surface area (Å²) in [4.78, 5) is 12.5. The Bertz CT molecular complexity index is 608. The molecule has 1 atom stereocenters. The fourth-order valence-corrected chi connectivity index (χ4v) is 3.05. The number of ketones is 1. The minimum absolute atomic E-state index is 0.232. The maximum atomic E-state index is 12.5. The van der Waals surface area contributed by atoms with Gasteiger partial charge in [0.25, 0.3) is 0 Å². The summed E-state index contributed by atoms with van der Waals surface area (Å²) in [7, 11) is 0. The van der Waals surface area contributed by atoms with Crippen LogP contribution < -0.4 is 0 Å². The van der Waals surface area contributed by atoms with Gasteiger partial charge in [-0.05, 0) is 35.3 Å². The largest absolute Gasteiger partial charge is 0.294 e. The first-order chi connectivity index (χ1) is 11.0. The fourth-order valence-electron chi connectivity index (χ4n) is 3.05. The smallest absolute Gasteiger partial charge is 0.163 e. The molecule has 0 spiro atoms. The molecule has 1 heteroatoms. The molecule has 122 valence electrons. The lowest BCUT2D eigenvalue weighted by atomic mass is 9.83. The molecule has 2 aromatic rings. The summed E-state index contributed by atoms with van der Waals surface area (Å²) in [6.07, 6.45) is 1.68. The minimum Gasteiger partial charge on any atom is -0.294 e. The zero-order chi connectivity index (χ0) is 16.8. The van der Waals surface area contributed by atoms with Gasteiger partial charge in [-0.2, -0.15) is 0 Å². The molecule has 0 saturated heterocycles. The number of Topliss-reactive ketones (excluding diaryl/α,β-unsaturated/α-hetero) is 1. The first-order valence-electron chi connectivity index (χ1n) is 8.64. The zero-order valence-electron chi connectivity index (χ0n) is 14.8. The van der Waals surface area contributed by atoms with Gasteiger partial charge in [-0.3, -0.25) is 4.79 Å². The molecular weight excluding hydrogens is 280 g/mol. The topological polar surface area (TPSA) is 17.1 Å². The number of hydrogen-bond acceptors (Lipinski definition) is 1. The van der Waals surface area contributed by atoms with Crippen molar-refractivity contribution in [1.29, 1.82) is 0 Å². The predicted molar refractivity (Wildman–Crippen MR) is 98.0 cm³/mol. The van der Waals surface area contributed by atoms with Gasteiger partial charge in [-0.25, -0.2) is 0 Å². The maximum absolute atomic E-state index is 12.5. The summed E-state index contributed by atoms with van der Waals surface area (Å²) in [6, 6.07) is 18.5. The number of benzene rings is 2. The Balaban J connectivity index is 2.13. The highest BCUT2D eigenvalue weighted by atomic mass is 16.1. The Kier molecular flexibility index (Phi) is 6.15. The van der Waals surface area contributed by atoms with Gasteiger partial charge in [0.15, 0.2) is 5.78 Å². The third kappa shape index (κ3) is 5.06. The lowest BCUT2D eigenvalue weighted by molar-refractivity contribution is 0.0966. The number of carbonyl (C=O) groups is 1. The molecule has 0 saturated carbocycles. The highest BCUT2D eigenvalue weighted by molar-refractivity contribution is 5.96. The summed E-state index contributed by atoms with van der Waals surface area (Å²) in [5.74, 6) is 1.62. The van der Waals surface area contributed by atoms with E-state index >= 15 is 0 Å². The average molecular weight is 308 g/mol. The van der Waals surface area contributed by atoms with Gasteiger partial charge >= 0.3 is 0 Å². The molecule has 0 aliphatic heterocycles. The van der Waals surface area contributed by atoms with Crippen LogP contribution in [-0.4, -0.2) is 5.78 Å². The first-order valence-corrected chi connectivity index (χ1v) is 8.64. The van der Waals surface area contributed by atoms with Crippen molar-refractivity contribution in [3.63, 3.8) is 0 Å². The van der Waals surface area contributed by atoms with Crippen LogP contribution in [0.2, 0.25) is 0 Å². The molecule has 2 aromatic carbocycles. The summed E-state index contributed by atoms with van der Waals surface area (Å²) in [5, 5.41) is 0. The zero-order valence-corrected chi connectivity index (χ0v) is 14.8. The third-order valence-corrected chi connectivity index (χ3v) is 4.36. The molecule has 0 aromatic heterocycles. The van der Waals surface area contributed by atoms with Crippen LogP contribution in [-0.2, 0) is 6.42 Å². The maximum Gasteiger partial charge on any atom is 0.163 e. The summed E-state index contributed by atoms with van der Waals surface area (Å²) >= 11 is 0. The van der Waals surface area contributed by atoms with E-state index in [4.69, 9.17) is 0 Å². The van der Waals surface area contributed by atoms with E-state index in [-0.39, 0.29) is 11.7 Å². The molecule has 1 nitrogen and oxygen atoms in total. The monoisotopic (exact) mass is 308 g/mol. The molecule has 2 rings (SSSR count). The standard InChI is InChI=1S/C22H28O/c1-16(2)14-18-10-12-19(13-11-18)21(17(3)4)15-22(23)20-8-6-5-7-9-20/h5-13,16-17,21H,14-15H2,1-4H3. The highest BCUT2D eigenvalue weighted by Crippen LogP contribution is 2.30. The molecule has 0 aliphatic rings. The second-order valence-electron chi connectivity index (χ2n) is 7.18. The average Bonchev–Trinajstić information content (AvgIpc) is 2.53. The number of rotatable bonds is 7. The molecule has 1 unspecified atom stereocenters. The predicted octanol–water partition coefficient (Wildman–Crippen LogP) is 5.90. The van der Waals surface area contributed by atoms with E-state index in [2.05, 4.69) is 52.0 Å². The van der Waals surface area contributed by atoms with Crippen LogP contribution in [0.4, 0.5) is 0 Å². The number of hydrogen-bond donors (Lipinski definition) is 0. The van der Waals surface area contributed by atoms with Gasteiger partial charge in [0.2, 0.25) is 0 Å². The SMILES string of the molecule is CC(C)Cc1ccc(C(CC(=O)c2ccccc2)C(C)C)cc1. The lowest BCUT2D eigenvalue weighted by Gasteiger charge is -2.21.